The molecule has 2 heterocycles. The summed E-state index contributed by atoms with van der Waals surface area (Å²) in [6, 6.07) is 14.3. The van der Waals surface area contributed by atoms with Gasteiger partial charge in [-0.15, -0.1) is 0 Å². The van der Waals surface area contributed by atoms with Gasteiger partial charge in [-0.25, -0.2) is 4.98 Å². The van der Waals surface area contributed by atoms with Gasteiger partial charge in [0, 0.05) is 19.0 Å². The van der Waals surface area contributed by atoms with Gasteiger partial charge in [-0.2, -0.15) is 0 Å². The molecule has 1 aliphatic heterocycles. The predicted octanol–water partition coefficient (Wildman–Crippen LogP) is 4.30. The van der Waals surface area contributed by atoms with E-state index in [1.54, 1.807) is 21.6 Å². The smallest absolute Gasteiger partial charge is 0.262 e. The molecule has 0 bridgehead atoms. The van der Waals surface area contributed by atoms with Crippen LogP contribution in [0.3, 0.4) is 0 Å². The number of rotatable bonds is 6. The van der Waals surface area contributed by atoms with Gasteiger partial charge < -0.3 is 10.2 Å². The minimum Gasteiger partial charge on any atom is -0.324 e. The summed E-state index contributed by atoms with van der Waals surface area (Å²) in [6.45, 7) is 6.65. The van der Waals surface area contributed by atoms with E-state index in [2.05, 4.69) is 19.2 Å². The molecule has 1 unspecified atom stereocenters. The summed E-state index contributed by atoms with van der Waals surface area (Å²) < 4.78 is 1.69. The van der Waals surface area contributed by atoms with Crippen molar-refractivity contribution in [3.63, 3.8) is 0 Å². The van der Waals surface area contributed by atoms with E-state index in [1.807, 2.05) is 43.3 Å². The van der Waals surface area contributed by atoms with Crippen LogP contribution in [0.1, 0.15) is 33.6 Å². The Morgan fingerprint density at radius 1 is 1.15 bits per heavy atom. The third-order valence-corrected chi connectivity index (χ3v) is 6.67. The Labute approximate surface area is 197 Å². The summed E-state index contributed by atoms with van der Waals surface area (Å²) in [7, 11) is 0. The number of fused-ring (bicyclic) bond motifs is 2. The lowest BCUT2D eigenvalue weighted by Crippen LogP contribution is -2.40. The minimum atomic E-state index is -0.283. The first-order valence-corrected chi connectivity index (χ1v) is 12.2. The number of carbonyl (C=O) groups is 2. The van der Waals surface area contributed by atoms with Crippen molar-refractivity contribution < 1.29 is 9.59 Å². The molecular formula is C25H28N4O3S. The van der Waals surface area contributed by atoms with Crippen LogP contribution in [0.15, 0.2) is 58.5 Å². The van der Waals surface area contributed by atoms with Crippen LogP contribution in [0.2, 0.25) is 0 Å². The van der Waals surface area contributed by atoms with Gasteiger partial charge in [-0.05, 0) is 43.5 Å². The molecule has 2 amide bonds. The highest BCUT2D eigenvalue weighted by atomic mass is 32.2. The van der Waals surface area contributed by atoms with E-state index < -0.39 is 0 Å². The van der Waals surface area contributed by atoms with Crippen molar-refractivity contribution in [2.45, 2.75) is 51.4 Å². The topological polar surface area (TPSA) is 84.3 Å². The molecule has 1 aromatic heterocycles. The zero-order valence-corrected chi connectivity index (χ0v) is 19.9. The van der Waals surface area contributed by atoms with Crippen molar-refractivity contribution in [3.05, 3.63) is 58.9 Å². The molecule has 0 radical (unpaired) electrons. The monoisotopic (exact) mass is 464 g/mol. The van der Waals surface area contributed by atoms with E-state index in [0.29, 0.717) is 39.9 Å². The van der Waals surface area contributed by atoms with Crippen molar-refractivity contribution in [1.82, 2.24) is 9.55 Å². The number of para-hydroxylation sites is 3. The first-order chi connectivity index (χ1) is 15.8. The molecule has 1 aliphatic rings. The van der Waals surface area contributed by atoms with Crippen LogP contribution in [0.5, 0.6) is 0 Å². The molecule has 2 aromatic carbocycles. The number of nitrogens with zero attached hydrogens (tertiary/aromatic N) is 3. The van der Waals surface area contributed by atoms with Crippen LogP contribution < -0.4 is 15.8 Å². The molecule has 0 saturated heterocycles. The van der Waals surface area contributed by atoms with Crippen molar-refractivity contribution in [1.29, 1.82) is 0 Å². The fourth-order valence-electron chi connectivity index (χ4n) is 4.01. The Morgan fingerprint density at radius 2 is 1.88 bits per heavy atom. The second kappa shape index (κ2) is 9.79. The molecule has 33 heavy (non-hydrogen) atoms. The normalized spacial score (nSPS) is 15.9. The van der Waals surface area contributed by atoms with Gasteiger partial charge in [0.1, 0.15) is 0 Å². The highest BCUT2D eigenvalue weighted by molar-refractivity contribution is 7.99. The largest absolute Gasteiger partial charge is 0.324 e. The van der Waals surface area contributed by atoms with Crippen LogP contribution in [0.25, 0.3) is 10.9 Å². The molecule has 172 valence electrons. The van der Waals surface area contributed by atoms with E-state index in [0.717, 1.165) is 6.42 Å². The minimum absolute atomic E-state index is 0.0838. The SMILES string of the molecule is CC(C)CCn1c(SCC(=O)N2c3ccccc3NC(=O)CC2C)nc2ccccc2c1=O. The average Bonchev–Trinajstić information content (AvgIpc) is 2.91. The molecule has 0 fully saturated rings. The maximum Gasteiger partial charge on any atom is 0.262 e. The van der Waals surface area contributed by atoms with Crippen molar-refractivity contribution in [3.8, 4) is 0 Å². The Bertz CT molecular complexity index is 1250. The number of anilines is 2. The summed E-state index contributed by atoms with van der Waals surface area (Å²) in [4.78, 5) is 45.2. The summed E-state index contributed by atoms with van der Waals surface area (Å²) in [5, 5.41) is 4.00. The highest BCUT2D eigenvalue weighted by Crippen LogP contribution is 2.32. The summed E-state index contributed by atoms with van der Waals surface area (Å²) in [5.74, 6) is 0.299. The predicted molar refractivity (Wildman–Crippen MR) is 133 cm³/mol. The standard InChI is InChI=1S/C25H28N4O3S/c1-16(2)12-13-28-24(32)18-8-4-5-9-19(18)27-25(28)33-15-23(31)29-17(3)14-22(30)26-20-10-6-7-11-21(20)29/h4-11,16-17H,12-15H2,1-3H3,(H,26,30). The number of benzene rings is 2. The molecule has 0 saturated carbocycles. The van der Waals surface area contributed by atoms with E-state index in [9.17, 15) is 14.4 Å². The van der Waals surface area contributed by atoms with Gasteiger partial charge >= 0.3 is 0 Å². The summed E-state index contributed by atoms with van der Waals surface area (Å²) in [6.07, 6.45) is 1.06. The number of amides is 2. The van der Waals surface area contributed by atoms with Gasteiger partial charge in [0.15, 0.2) is 5.16 Å². The maximum absolute atomic E-state index is 13.4. The molecule has 0 spiro atoms. The molecule has 4 rings (SSSR count). The van der Waals surface area contributed by atoms with E-state index in [-0.39, 0.29) is 35.6 Å². The third kappa shape index (κ3) is 4.95. The Morgan fingerprint density at radius 3 is 2.67 bits per heavy atom. The molecule has 8 heteroatoms. The first kappa shape index (κ1) is 23.0. The third-order valence-electron chi connectivity index (χ3n) is 5.71. The van der Waals surface area contributed by atoms with Crippen LogP contribution in [-0.2, 0) is 16.1 Å². The van der Waals surface area contributed by atoms with Gasteiger partial charge in [-0.3, -0.25) is 19.0 Å². The van der Waals surface area contributed by atoms with Crippen molar-refractivity contribution in [2.24, 2.45) is 5.92 Å². The van der Waals surface area contributed by atoms with Crippen molar-refractivity contribution >= 4 is 45.9 Å². The number of aromatic nitrogens is 2. The Hall–Kier alpha value is -3.13. The van der Waals surface area contributed by atoms with E-state index >= 15 is 0 Å². The Kier molecular flexibility index (Phi) is 6.83. The number of hydrogen-bond donors (Lipinski definition) is 1. The Balaban J connectivity index is 1.64. The van der Waals surface area contributed by atoms with E-state index in [4.69, 9.17) is 4.98 Å². The molecule has 1 N–H and O–H groups in total. The number of hydrogen-bond acceptors (Lipinski definition) is 5. The lowest BCUT2D eigenvalue weighted by molar-refractivity contribution is -0.117. The second-order valence-corrected chi connectivity index (χ2v) is 9.66. The molecule has 1 atom stereocenters. The summed E-state index contributed by atoms with van der Waals surface area (Å²) >= 11 is 1.27. The van der Waals surface area contributed by atoms with E-state index in [1.165, 1.54) is 11.8 Å². The van der Waals surface area contributed by atoms with Crippen LogP contribution in [0.4, 0.5) is 11.4 Å². The maximum atomic E-state index is 13.4. The second-order valence-electron chi connectivity index (χ2n) is 8.72. The van der Waals surface area contributed by atoms with Crippen molar-refractivity contribution in [2.75, 3.05) is 16.0 Å². The number of nitrogens with one attached hydrogen (secondary N) is 1. The lowest BCUT2D eigenvalue weighted by Gasteiger charge is -2.27. The molecule has 7 nitrogen and oxygen atoms in total. The molecule has 3 aromatic rings. The quantitative estimate of drug-likeness (QED) is 0.434. The summed E-state index contributed by atoms with van der Waals surface area (Å²) in [5.41, 5.74) is 1.86. The average molecular weight is 465 g/mol. The number of thioether (sulfide) groups is 1. The first-order valence-electron chi connectivity index (χ1n) is 11.2. The van der Waals surface area contributed by atoms with Crippen LogP contribution >= 0.6 is 11.8 Å². The van der Waals surface area contributed by atoms with Crippen LogP contribution in [-0.4, -0.2) is 33.2 Å². The van der Waals surface area contributed by atoms with Gasteiger partial charge in [0.25, 0.3) is 5.56 Å². The molecule has 0 aliphatic carbocycles. The molecular weight excluding hydrogens is 436 g/mol. The van der Waals surface area contributed by atoms with Crippen LogP contribution in [0, 0.1) is 5.92 Å². The highest BCUT2D eigenvalue weighted by Gasteiger charge is 2.29. The zero-order chi connectivity index (χ0) is 23.5. The van der Waals surface area contributed by atoms with Gasteiger partial charge in [-0.1, -0.05) is 49.9 Å². The lowest BCUT2D eigenvalue weighted by atomic mass is 10.1. The fourth-order valence-corrected chi connectivity index (χ4v) is 4.89. The fraction of sp³-hybridized carbons (Fsp3) is 0.360. The number of carbonyl (C=O) groups excluding carboxylic acids is 2. The zero-order valence-electron chi connectivity index (χ0n) is 19.1. The van der Waals surface area contributed by atoms with Gasteiger partial charge in [0.05, 0.1) is 28.0 Å². The van der Waals surface area contributed by atoms with Gasteiger partial charge in [0.2, 0.25) is 11.8 Å².